The molecule has 1 aliphatic rings. The van der Waals surface area contributed by atoms with Crippen molar-refractivity contribution in [2.45, 2.75) is 46.3 Å². The maximum atomic E-state index is 12.2. The fraction of sp³-hybridized carbons (Fsp3) is 0.360. The number of amides is 1. The van der Waals surface area contributed by atoms with Gasteiger partial charge in [-0.15, -0.1) is 0 Å². The maximum Gasteiger partial charge on any atom is 0.342 e. The zero-order valence-corrected chi connectivity index (χ0v) is 18.9. The Morgan fingerprint density at radius 1 is 1.19 bits per heavy atom. The zero-order chi connectivity index (χ0) is 23.3. The number of cyclic esters (lactones) is 1. The number of esters is 1. The monoisotopic (exact) mass is 439 g/mol. The fourth-order valence-corrected chi connectivity index (χ4v) is 3.75. The number of carbonyl (C=O) groups excluding carboxylic acids is 2. The molecule has 3 rings (SSSR count). The van der Waals surface area contributed by atoms with Crippen molar-refractivity contribution < 1.29 is 28.9 Å². The van der Waals surface area contributed by atoms with Gasteiger partial charge in [-0.25, -0.2) is 4.79 Å². The number of hydrogen-bond donors (Lipinski definition) is 2. The van der Waals surface area contributed by atoms with Gasteiger partial charge in [-0.2, -0.15) is 0 Å². The Morgan fingerprint density at radius 2 is 1.91 bits per heavy atom. The van der Waals surface area contributed by atoms with Crippen molar-refractivity contribution in [2.24, 2.45) is 0 Å². The molecular weight excluding hydrogens is 410 g/mol. The van der Waals surface area contributed by atoms with E-state index < -0.39 is 5.97 Å². The average molecular weight is 440 g/mol. The lowest BCUT2D eigenvalue weighted by Crippen LogP contribution is -2.22. The molecule has 7 heteroatoms. The van der Waals surface area contributed by atoms with Crippen LogP contribution in [0.1, 0.15) is 52.4 Å². The largest absolute Gasteiger partial charge is 0.507 e. The highest BCUT2D eigenvalue weighted by molar-refractivity contribution is 5.98. The Hall–Kier alpha value is -3.48. The van der Waals surface area contributed by atoms with Gasteiger partial charge in [0.25, 0.3) is 0 Å². The number of hydrogen-bond acceptors (Lipinski definition) is 6. The highest BCUT2D eigenvalue weighted by Crippen LogP contribution is 2.42. The molecule has 0 fully saturated rings. The smallest absolute Gasteiger partial charge is 0.342 e. The van der Waals surface area contributed by atoms with Crippen LogP contribution in [0.2, 0.25) is 0 Å². The third-order valence-electron chi connectivity index (χ3n) is 5.70. The minimum atomic E-state index is -0.515. The summed E-state index contributed by atoms with van der Waals surface area (Å²) in [5.74, 6) is 0.690. The van der Waals surface area contributed by atoms with Crippen LogP contribution >= 0.6 is 0 Å². The number of nitrogens with one attached hydrogen (secondary N) is 1. The molecule has 0 atom stereocenters. The summed E-state index contributed by atoms with van der Waals surface area (Å²) in [6.07, 6.45) is 3.27. The van der Waals surface area contributed by atoms with Gasteiger partial charge in [-0.05, 0) is 49.9 Å². The number of allylic oxidation sites excluding steroid dienone is 2. The number of ether oxygens (including phenoxy) is 3. The molecule has 2 N–H and O–H groups in total. The second-order valence-electron chi connectivity index (χ2n) is 7.79. The molecule has 1 heterocycles. The van der Waals surface area contributed by atoms with Crippen molar-refractivity contribution in [2.75, 3.05) is 14.2 Å². The molecule has 0 saturated heterocycles. The quantitative estimate of drug-likeness (QED) is 0.454. The molecule has 0 spiro atoms. The standard InChI is InChI=1S/C25H29NO6/c1-15(6-12-21(27)26-13-17-7-9-18(30-3)10-8-17)5-11-19-23(28)22-20(14-32-25(22)29)16(2)24(19)31-4/h5,7-10,28H,6,11-14H2,1-4H3,(H,26,27). The number of fused-ring (bicyclic) bond motifs is 1. The fourth-order valence-electron chi connectivity index (χ4n) is 3.75. The van der Waals surface area contributed by atoms with Gasteiger partial charge in [-0.3, -0.25) is 4.79 Å². The third kappa shape index (κ3) is 5.04. The van der Waals surface area contributed by atoms with Gasteiger partial charge in [0.1, 0.15) is 29.4 Å². The molecular formula is C25H29NO6. The van der Waals surface area contributed by atoms with E-state index in [4.69, 9.17) is 14.2 Å². The maximum absolute atomic E-state index is 12.2. The number of benzene rings is 2. The van der Waals surface area contributed by atoms with Gasteiger partial charge in [0.15, 0.2) is 0 Å². The van der Waals surface area contributed by atoms with Crippen molar-refractivity contribution in [1.29, 1.82) is 0 Å². The average Bonchev–Trinajstić information content (AvgIpc) is 3.19. The zero-order valence-electron chi connectivity index (χ0n) is 18.9. The number of phenolic OH excluding ortho intramolecular Hbond substituents is 1. The molecule has 0 saturated carbocycles. The number of rotatable bonds is 9. The minimum Gasteiger partial charge on any atom is -0.507 e. The summed E-state index contributed by atoms with van der Waals surface area (Å²) in [7, 11) is 3.16. The molecule has 0 aromatic heterocycles. The van der Waals surface area contributed by atoms with Crippen molar-refractivity contribution in [3.05, 3.63) is 63.7 Å². The molecule has 0 bridgehead atoms. The van der Waals surface area contributed by atoms with Crippen LogP contribution in [0.3, 0.4) is 0 Å². The van der Waals surface area contributed by atoms with Gasteiger partial charge in [0.05, 0.1) is 14.2 Å². The predicted molar refractivity (Wildman–Crippen MR) is 120 cm³/mol. The molecule has 2 aromatic carbocycles. The summed E-state index contributed by atoms with van der Waals surface area (Å²) < 4.78 is 15.7. The minimum absolute atomic E-state index is 0.0369. The van der Waals surface area contributed by atoms with E-state index in [0.29, 0.717) is 42.7 Å². The van der Waals surface area contributed by atoms with E-state index in [1.54, 1.807) is 14.2 Å². The van der Waals surface area contributed by atoms with Gasteiger partial charge < -0.3 is 24.6 Å². The number of aromatic hydroxyl groups is 1. The molecule has 0 unspecified atom stereocenters. The Morgan fingerprint density at radius 3 is 2.56 bits per heavy atom. The van der Waals surface area contributed by atoms with E-state index in [1.807, 2.05) is 44.2 Å². The SMILES string of the molecule is COc1ccc(CNC(=O)CCC(C)=CCc2c(O)c3c(c(C)c2OC)COC3=O)cc1. The Labute approximate surface area is 188 Å². The molecule has 1 aliphatic heterocycles. The van der Waals surface area contributed by atoms with Crippen LogP contribution in [-0.2, 0) is 29.1 Å². The molecule has 32 heavy (non-hydrogen) atoms. The Bertz CT molecular complexity index is 1040. The summed E-state index contributed by atoms with van der Waals surface area (Å²) in [5.41, 5.74) is 4.24. The summed E-state index contributed by atoms with van der Waals surface area (Å²) in [6.45, 7) is 4.40. The molecule has 2 aromatic rings. The lowest BCUT2D eigenvalue weighted by atomic mass is 9.94. The van der Waals surface area contributed by atoms with E-state index in [2.05, 4.69) is 5.32 Å². The summed E-state index contributed by atoms with van der Waals surface area (Å²) in [6, 6.07) is 7.55. The first kappa shape index (κ1) is 23.2. The van der Waals surface area contributed by atoms with Crippen LogP contribution < -0.4 is 14.8 Å². The van der Waals surface area contributed by atoms with Crippen LogP contribution in [0.25, 0.3) is 0 Å². The Kier molecular flexibility index (Phi) is 7.41. The summed E-state index contributed by atoms with van der Waals surface area (Å²) in [4.78, 5) is 24.2. The van der Waals surface area contributed by atoms with Gasteiger partial charge >= 0.3 is 5.97 Å². The first-order chi connectivity index (χ1) is 15.3. The van der Waals surface area contributed by atoms with Crippen LogP contribution in [0.4, 0.5) is 0 Å². The van der Waals surface area contributed by atoms with Gasteiger partial charge in [0, 0.05) is 24.1 Å². The van der Waals surface area contributed by atoms with Crippen LogP contribution in [0.15, 0.2) is 35.9 Å². The molecule has 7 nitrogen and oxygen atoms in total. The number of carbonyl (C=O) groups is 2. The van der Waals surface area contributed by atoms with Crippen molar-refractivity contribution >= 4 is 11.9 Å². The number of phenols is 1. The lowest BCUT2D eigenvalue weighted by molar-refractivity contribution is -0.121. The highest BCUT2D eigenvalue weighted by atomic mass is 16.5. The highest BCUT2D eigenvalue weighted by Gasteiger charge is 2.31. The molecule has 1 amide bonds. The molecule has 0 aliphatic carbocycles. The topological polar surface area (TPSA) is 94.1 Å². The number of methoxy groups -OCH3 is 2. The first-order valence-corrected chi connectivity index (χ1v) is 10.5. The molecule has 0 radical (unpaired) electrons. The normalized spacial score (nSPS) is 12.9. The first-order valence-electron chi connectivity index (χ1n) is 10.5. The van der Waals surface area contributed by atoms with E-state index in [9.17, 15) is 14.7 Å². The van der Waals surface area contributed by atoms with Crippen LogP contribution in [0, 0.1) is 6.92 Å². The summed E-state index contributed by atoms with van der Waals surface area (Å²) in [5, 5.41) is 13.6. The van der Waals surface area contributed by atoms with Crippen LogP contribution in [-0.4, -0.2) is 31.2 Å². The third-order valence-corrected chi connectivity index (χ3v) is 5.70. The van der Waals surface area contributed by atoms with E-state index in [0.717, 1.165) is 22.4 Å². The van der Waals surface area contributed by atoms with E-state index >= 15 is 0 Å². The van der Waals surface area contributed by atoms with Crippen molar-refractivity contribution in [1.82, 2.24) is 5.32 Å². The predicted octanol–water partition coefficient (Wildman–Crippen LogP) is 3.97. The van der Waals surface area contributed by atoms with Crippen molar-refractivity contribution in [3.8, 4) is 17.2 Å². The van der Waals surface area contributed by atoms with E-state index in [-0.39, 0.29) is 23.8 Å². The Balaban J connectivity index is 1.59. The van der Waals surface area contributed by atoms with Crippen LogP contribution in [0.5, 0.6) is 17.2 Å². The summed E-state index contributed by atoms with van der Waals surface area (Å²) >= 11 is 0. The molecule has 170 valence electrons. The second-order valence-corrected chi connectivity index (χ2v) is 7.79. The second kappa shape index (κ2) is 10.2. The van der Waals surface area contributed by atoms with E-state index in [1.165, 1.54) is 0 Å². The van der Waals surface area contributed by atoms with Gasteiger partial charge in [-0.1, -0.05) is 23.8 Å². The van der Waals surface area contributed by atoms with Gasteiger partial charge in [0.2, 0.25) is 5.91 Å². The van der Waals surface area contributed by atoms with Crippen molar-refractivity contribution in [3.63, 3.8) is 0 Å². The lowest BCUT2D eigenvalue weighted by Gasteiger charge is -2.15.